The second-order valence-corrected chi connectivity index (χ2v) is 4.64. The van der Waals surface area contributed by atoms with Crippen molar-refractivity contribution in [1.29, 1.82) is 0 Å². The number of carbonyl (C=O) groups is 3. The molecule has 0 heterocycles. The van der Waals surface area contributed by atoms with Crippen molar-refractivity contribution in [3.05, 3.63) is 0 Å². The SMILES string of the molecule is CCCN(CCC)C(=O)SCC(=O)NCC(=O)O. The summed E-state index contributed by atoms with van der Waals surface area (Å²) in [4.78, 5) is 34.9. The molecule has 7 heteroatoms. The predicted octanol–water partition coefficient (Wildman–Crippen LogP) is 1.16. The van der Waals surface area contributed by atoms with Gasteiger partial charge in [-0.3, -0.25) is 14.4 Å². The zero-order valence-corrected chi connectivity index (χ0v) is 11.6. The van der Waals surface area contributed by atoms with E-state index in [0.29, 0.717) is 13.1 Å². The van der Waals surface area contributed by atoms with E-state index in [0.717, 1.165) is 24.6 Å². The molecule has 0 spiro atoms. The standard InChI is InChI=1S/C11H20N2O4S/c1-3-5-13(6-4-2)11(17)18-8-9(14)12-7-10(15)16/h3-8H2,1-2H3,(H,12,14)(H,15,16). The van der Waals surface area contributed by atoms with Crippen molar-refractivity contribution in [3.63, 3.8) is 0 Å². The summed E-state index contributed by atoms with van der Waals surface area (Å²) in [6.07, 6.45) is 1.75. The Labute approximate surface area is 111 Å². The predicted molar refractivity (Wildman–Crippen MR) is 70.7 cm³/mol. The van der Waals surface area contributed by atoms with Gasteiger partial charge >= 0.3 is 5.97 Å². The van der Waals surface area contributed by atoms with Crippen LogP contribution in [-0.4, -0.2) is 52.5 Å². The monoisotopic (exact) mass is 276 g/mol. The molecule has 0 bridgehead atoms. The summed E-state index contributed by atoms with van der Waals surface area (Å²) in [5, 5.41) is 10.4. The fourth-order valence-electron chi connectivity index (χ4n) is 1.28. The van der Waals surface area contributed by atoms with E-state index in [1.54, 1.807) is 4.90 Å². The molecule has 0 aromatic heterocycles. The van der Waals surface area contributed by atoms with Crippen molar-refractivity contribution < 1.29 is 19.5 Å². The number of amides is 2. The fourth-order valence-corrected chi connectivity index (χ4v) is 2.00. The molecular weight excluding hydrogens is 256 g/mol. The first-order valence-electron chi connectivity index (χ1n) is 5.91. The molecular formula is C11H20N2O4S. The van der Waals surface area contributed by atoms with Crippen molar-refractivity contribution >= 4 is 28.9 Å². The van der Waals surface area contributed by atoms with E-state index >= 15 is 0 Å². The van der Waals surface area contributed by atoms with Crippen molar-refractivity contribution in [2.24, 2.45) is 0 Å². The molecule has 0 saturated carbocycles. The average Bonchev–Trinajstić information content (AvgIpc) is 2.33. The average molecular weight is 276 g/mol. The molecule has 0 aliphatic carbocycles. The third kappa shape index (κ3) is 7.94. The molecule has 0 unspecified atom stereocenters. The quantitative estimate of drug-likeness (QED) is 0.694. The van der Waals surface area contributed by atoms with E-state index in [-0.39, 0.29) is 11.0 Å². The lowest BCUT2D eigenvalue weighted by atomic mass is 10.4. The number of hydrogen-bond acceptors (Lipinski definition) is 4. The number of thioether (sulfide) groups is 1. The van der Waals surface area contributed by atoms with Gasteiger partial charge in [-0.2, -0.15) is 0 Å². The highest BCUT2D eigenvalue weighted by Crippen LogP contribution is 2.09. The smallest absolute Gasteiger partial charge is 0.322 e. The molecule has 0 saturated heterocycles. The molecule has 0 atom stereocenters. The zero-order valence-electron chi connectivity index (χ0n) is 10.8. The van der Waals surface area contributed by atoms with Crippen molar-refractivity contribution in [2.45, 2.75) is 26.7 Å². The van der Waals surface area contributed by atoms with Crippen LogP contribution in [0.4, 0.5) is 4.79 Å². The Morgan fingerprint density at radius 2 is 1.72 bits per heavy atom. The van der Waals surface area contributed by atoms with Crippen LogP contribution in [-0.2, 0) is 9.59 Å². The number of carboxylic acid groups (broad SMARTS) is 1. The molecule has 2 amide bonds. The van der Waals surface area contributed by atoms with E-state index in [4.69, 9.17) is 5.11 Å². The Morgan fingerprint density at radius 3 is 2.17 bits per heavy atom. The van der Waals surface area contributed by atoms with Crippen LogP contribution in [0.1, 0.15) is 26.7 Å². The molecule has 104 valence electrons. The van der Waals surface area contributed by atoms with Gasteiger partial charge in [0.25, 0.3) is 5.24 Å². The van der Waals surface area contributed by atoms with Gasteiger partial charge in [0.1, 0.15) is 6.54 Å². The zero-order chi connectivity index (χ0) is 14.0. The number of rotatable bonds is 8. The summed E-state index contributed by atoms with van der Waals surface area (Å²) in [6.45, 7) is 4.91. The highest BCUT2D eigenvalue weighted by molar-refractivity contribution is 8.14. The largest absolute Gasteiger partial charge is 0.480 e. The Bertz CT molecular complexity index is 291. The van der Waals surface area contributed by atoms with E-state index in [1.165, 1.54) is 0 Å². The van der Waals surface area contributed by atoms with E-state index in [9.17, 15) is 14.4 Å². The first kappa shape index (κ1) is 16.8. The maximum atomic E-state index is 11.8. The molecule has 0 aromatic carbocycles. The van der Waals surface area contributed by atoms with Gasteiger partial charge in [0.05, 0.1) is 5.75 Å². The fraction of sp³-hybridized carbons (Fsp3) is 0.727. The topological polar surface area (TPSA) is 86.7 Å². The first-order chi connectivity index (χ1) is 8.51. The lowest BCUT2D eigenvalue weighted by molar-refractivity contribution is -0.137. The van der Waals surface area contributed by atoms with Crippen LogP contribution >= 0.6 is 11.8 Å². The van der Waals surface area contributed by atoms with Gasteiger partial charge in [0, 0.05) is 13.1 Å². The number of carboxylic acids is 1. The van der Waals surface area contributed by atoms with Gasteiger partial charge in [-0.05, 0) is 12.8 Å². The maximum absolute atomic E-state index is 11.8. The molecule has 0 rings (SSSR count). The van der Waals surface area contributed by atoms with Crippen LogP contribution in [0.2, 0.25) is 0 Å². The van der Waals surface area contributed by atoms with Crippen LogP contribution in [0.15, 0.2) is 0 Å². The van der Waals surface area contributed by atoms with Gasteiger partial charge in [0.15, 0.2) is 0 Å². The van der Waals surface area contributed by atoms with Gasteiger partial charge in [-0.1, -0.05) is 25.6 Å². The number of carbonyl (C=O) groups excluding carboxylic acids is 2. The Hall–Kier alpha value is -1.24. The number of hydrogen-bond donors (Lipinski definition) is 2. The third-order valence-corrected chi connectivity index (χ3v) is 2.92. The number of nitrogens with zero attached hydrogens (tertiary/aromatic N) is 1. The summed E-state index contributed by atoms with van der Waals surface area (Å²) >= 11 is 0.906. The minimum atomic E-state index is -1.10. The summed E-state index contributed by atoms with van der Waals surface area (Å²) in [5.74, 6) is -1.59. The third-order valence-electron chi connectivity index (χ3n) is 2.01. The Kier molecular flexibility index (Phi) is 9.08. The molecule has 0 aromatic rings. The molecule has 2 N–H and O–H groups in total. The highest BCUT2D eigenvalue weighted by atomic mass is 32.2. The second kappa shape index (κ2) is 9.76. The van der Waals surface area contributed by atoms with E-state index in [2.05, 4.69) is 5.32 Å². The molecule has 0 aliphatic rings. The summed E-state index contributed by atoms with van der Waals surface area (Å²) in [5.41, 5.74) is 0. The molecule has 6 nitrogen and oxygen atoms in total. The molecule has 0 fully saturated rings. The Balaban J connectivity index is 3.98. The summed E-state index contributed by atoms with van der Waals surface area (Å²) in [6, 6.07) is 0. The lowest BCUT2D eigenvalue weighted by Crippen LogP contribution is -2.33. The van der Waals surface area contributed by atoms with Gasteiger partial charge in [0.2, 0.25) is 5.91 Å². The normalized spacial score (nSPS) is 9.89. The van der Waals surface area contributed by atoms with Crippen LogP contribution in [0.5, 0.6) is 0 Å². The molecule has 0 radical (unpaired) electrons. The van der Waals surface area contributed by atoms with Crippen LogP contribution in [0, 0.1) is 0 Å². The minimum absolute atomic E-state index is 0.0456. The van der Waals surface area contributed by atoms with E-state index in [1.807, 2.05) is 13.8 Å². The maximum Gasteiger partial charge on any atom is 0.322 e. The molecule has 0 aliphatic heterocycles. The van der Waals surface area contributed by atoms with Crippen LogP contribution in [0.3, 0.4) is 0 Å². The van der Waals surface area contributed by atoms with E-state index < -0.39 is 18.4 Å². The summed E-state index contributed by atoms with van der Waals surface area (Å²) < 4.78 is 0. The minimum Gasteiger partial charge on any atom is -0.480 e. The van der Waals surface area contributed by atoms with Crippen LogP contribution in [0.25, 0.3) is 0 Å². The second-order valence-electron chi connectivity index (χ2n) is 3.71. The summed E-state index contributed by atoms with van der Waals surface area (Å²) in [7, 11) is 0. The van der Waals surface area contributed by atoms with Gasteiger partial charge in [-0.25, -0.2) is 0 Å². The van der Waals surface area contributed by atoms with Crippen molar-refractivity contribution in [3.8, 4) is 0 Å². The Morgan fingerprint density at radius 1 is 1.17 bits per heavy atom. The lowest BCUT2D eigenvalue weighted by Gasteiger charge is -2.20. The first-order valence-corrected chi connectivity index (χ1v) is 6.90. The van der Waals surface area contributed by atoms with Gasteiger partial charge in [-0.15, -0.1) is 0 Å². The highest BCUT2D eigenvalue weighted by Gasteiger charge is 2.14. The van der Waals surface area contributed by atoms with Crippen LogP contribution < -0.4 is 5.32 Å². The van der Waals surface area contributed by atoms with Crippen molar-refractivity contribution in [1.82, 2.24) is 10.2 Å². The van der Waals surface area contributed by atoms with Gasteiger partial charge < -0.3 is 15.3 Å². The number of nitrogens with one attached hydrogen (secondary N) is 1. The number of aliphatic carboxylic acids is 1. The molecule has 18 heavy (non-hydrogen) atoms. The van der Waals surface area contributed by atoms with Crippen molar-refractivity contribution in [2.75, 3.05) is 25.4 Å².